The topological polar surface area (TPSA) is 55.2 Å². The Morgan fingerprint density at radius 1 is 1.00 bits per heavy atom. The Morgan fingerprint density at radius 3 is 2.48 bits per heavy atom. The number of fused-ring (bicyclic) bond motifs is 1. The van der Waals surface area contributed by atoms with Gasteiger partial charge < -0.3 is 4.90 Å². The maximum atomic E-state index is 13.4. The summed E-state index contributed by atoms with van der Waals surface area (Å²) in [6.07, 6.45) is 8.80. The maximum Gasteiger partial charge on any atom is 0.226 e. The SMILES string of the molecule is CC1(C)CC(=O)c2c([C@@H]3CCCN3C(=O)C3CCCCC3)nn(-c3ccccc3)c2C1. The Kier molecular flexibility index (Phi) is 5.23. The number of ketones is 1. The summed E-state index contributed by atoms with van der Waals surface area (Å²) in [5.41, 5.74) is 3.54. The van der Waals surface area contributed by atoms with Crippen LogP contribution in [0.15, 0.2) is 30.3 Å². The van der Waals surface area contributed by atoms with Crippen LogP contribution >= 0.6 is 0 Å². The van der Waals surface area contributed by atoms with Gasteiger partial charge in [-0.05, 0) is 49.7 Å². The van der Waals surface area contributed by atoms with E-state index in [-0.39, 0.29) is 29.1 Å². The highest BCUT2D eigenvalue weighted by molar-refractivity contribution is 6.00. The van der Waals surface area contributed by atoms with Gasteiger partial charge in [-0.15, -0.1) is 0 Å². The summed E-state index contributed by atoms with van der Waals surface area (Å²) in [6, 6.07) is 10.0. The van der Waals surface area contributed by atoms with Crippen LogP contribution in [0.3, 0.4) is 0 Å². The van der Waals surface area contributed by atoms with Crippen molar-refractivity contribution in [1.82, 2.24) is 14.7 Å². The summed E-state index contributed by atoms with van der Waals surface area (Å²) in [5.74, 6) is 0.616. The summed E-state index contributed by atoms with van der Waals surface area (Å²) >= 11 is 0. The van der Waals surface area contributed by atoms with Crippen LogP contribution in [0.1, 0.15) is 93.0 Å². The van der Waals surface area contributed by atoms with Gasteiger partial charge in [-0.1, -0.05) is 51.3 Å². The van der Waals surface area contributed by atoms with Crippen molar-refractivity contribution < 1.29 is 9.59 Å². The van der Waals surface area contributed by atoms with Crippen molar-refractivity contribution in [2.24, 2.45) is 11.3 Å². The highest BCUT2D eigenvalue weighted by Gasteiger charge is 2.42. The highest BCUT2D eigenvalue weighted by Crippen LogP contribution is 2.42. The van der Waals surface area contributed by atoms with Gasteiger partial charge in [0.05, 0.1) is 28.7 Å². The zero-order valence-electron chi connectivity index (χ0n) is 18.8. The molecule has 1 aliphatic heterocycles. The van der Waals surface area contributed by atoms with Gasteiger partial charge in [-0.25, -0.2) is 4.68 Å². The number of hydrogen-bond acceptors (Lipinski definition) is 3. The molecule has 2 aromatic rings. The van der Waals surface area contributed by atoms with Crippen molar-refractivity contribution >= 4 is 11.7 Å². The van der Waals surface area contributed by atoms with E-state index in [4.69, 9.17) is 5.10 Å². The number of para-hydroxylation sites is 1. The fraction of sp³-hybridized carbons (Fsp3) is 0.577. The number of likely N-dealkylation sites (tertiary alicyclic amines) is 1. The molecule has 2 aliphatic carbocycles. The molecule has 0 spiro atoms. The number of aromatic nitrogens is 2. The molecule has 0 N–H and O–H groups in total. The monoisotopic (exact) mass is 419 g/mol. The predicted molar refractivity (Wildman–Crippen MR) is 120 cm³/mol. The molecule has 1 aromatic carbocycles. The van der Waals surface area contributed by atoms with Crippen molar-refractivity contribution in [2.45, 2.75) is 77.7 Å². The predicted octanol–water partition coefficient (Wildman–Crippen LogP) is 5.27. The standard InChI is InChI=1S/C26H33N3O2/c1-26(2)16-21-23(22(30)17-26)24(27-29(21)19-12-7-4-8-13-19)20-14-9-15-28(20)25(31)18-10-5-3-6-11-18/h4,7-8,12-13,18,20H,3,5-6,9-11,14-17H2,1-2H3/t20-/m0/s1. The summed E-state index contributed by atoms with van der Waals surface area (Å²) in [7, 11) is 0. The molecule has 31 heavy (non-hydrogen) atoms. The Labute approximate surface area is 184 Å². The second-order valence-electron chi connectivity index (χ2n) is 10.4. The molecule has 1 atom stereocenters. The molecule has 164 valence electrons. The van der Waals surface area contributed by atoms with Crippen molar-refractivity contribution in [3.05, 3.63) is 47.3 Å². The molecule has 2 fully saturated rings. The average molecular weight is 420 g/mol. The lowest BCUT2D eigenvalue weighted by Crippen LogP contribution is -2.37. The third-order valence-electron chi connectivity index (χ3n) is 7.38. The van der Waals surface area contributed by atoms with Crippen molar-refractivity contribution in [2.75, 3.05) is 6.54 Å². The van der Waals surface area contributed by atoms with E-state index < -0.39 is 0 Å². The second-order valence-corrected chi connectivity index (χ2v) is 10.4. The summed E-state index contributed by atoms with van der Waals surface area (Å²) < 4.78 is 1.98. The van der Waals surface area contributed by atoms with Crippen LogP contribution in [0.25, 0.3) is 5.69 Å². The molecule has 0 bridgehead atoms. The number of Topliss-reactive ketones (excluding diaryl/α,β-unsaturated/α-hetero) is 1. The molecule has 5 nitrogen and oxygen atoms in total. The zero-order valence-corrected chi connectivity index (χ0v) is 18.8. The molecule has 5 heteroatoms. The first kappa shape index (κ1) is 20.5. The summed E-state index contributed by atoms with van der Waals surface area (Å²) in [4.78, 5) is 28.8. The minimum atomic E-state index is -0.0821. The van der Waals surface area contributed by atoms with Gasteiger partial charge in [0.2, 0.25) is 5.91 Å². The summed E-state index contributed by atoms with van der Waals surface area (Å²) in [5, 5.41) is 5.04. The van der Waals surface area contributed by atoms with Crippen molar-refractivity contribution in [1.29, 1.82) is 0 Å². The smallest absolute Gasteiger partial charge is 0.226 e. The van der Waals surface area contributed by atoms with Crippen molar-refractivity contribution in [3.63, 3.8) is 0 Å². The van der Waals surface area contributed by atoms with E-state index in [1.54, 1.807) is 0 Å². The quantitative estimate of drug-likeness (QED) is 0.681. The fourth-order valence-corrected chi connectivity index (χ4v) is 5.89. The van der Waals surface area contributed by atoms with Crippen LogP contribution < -0.4 is 0 Å². The number of carbonyl (C=O) groups excluding carboxylic acids is 2. The van der Waals surface area contributed by atoms with Crippen LogP contribution in [0.2, 0.25) is 0 Å². The molecule has 0 unspecified atom stereocenters. The van der Waals surface area contributed by atoms with Crippen molar-refractivity contribution in [3.8, 4) is 5.69 Å². The lowest BCUT2D eigenvalue weighted by Gasteiger charge is -2.32. The highest BCUT2D eigenvalue weighted by atomic mass is 16.2. The van der Waals surface area contributed by atoms with Crippen LogP contribution in [0.4, 0.5) is 0 Å². The number of amides is 1. The molecule has 1 saturated carbocycles. The molecule has 1 aromatic heterocycles. The average Bonchev–Trinajstić information content (AvgIpc) is 3.38. The Hall–Kier alpha value is -2.43. The molecular formula is C26H33N3O2. The first-order valence-corrected chi connectivity index (χ1v) is 12.0. The molecule has 1 saturated heterocycles. The van der Waals surface area contributed by atoms with Gasteiger partial charge in [0, 0.05) is 18.9 Å². The van der Waals surface area contributed by atoms with Crippen LogP contribution in [-0.4, -0.2) is 32.9 Å². The van der Waals surface area contributed by atoms with Crippen LogP contribution in [-0.2, 0) is 11.2 Å². The third-order valence-corrected chi connectivity index (χ3v) is 7.38. The number of benzene rings is 1. The van der Waals surface area contributed by atoms with Gasteiger partial charge in [0.15, 0.2) is 5.78 Å². The normalized spacial score (nSPS) is 23.7. The minimum absolute atomic E-state index is 0.0710. The largest absolute Gasteiger partial charge is 0.334 e. The number of carbonyl (C=O) groups is 2. The number of rotatable bonds is 3. The first-order chi connectivity index (χ1) is 14.9. The van der Waals surface area contributed by atoms with E-state index >= 15 is 0 Å². The molecule has 3 aliphatic rings. The van der Waals surface area contributed by atoms with E-state index in [1.165, 1.54) is 6.42 Å². The summed E-state index contributed by atoms with van der Waals surface area (Å²) in [6.45, 7) is 5.10. The molecule has 0 radical (unpaired) electrons. The molecule has 2 heterocycles. The number of nitrogens with zero attached hydrogens (tertiary/aromatic N) is 3. The molecular weight excluding hydrogens is 386 g/mol. The van der Waals surface area contributed by atoms with Crippen LogP contribution in [0.5, 0.6) is 0 Å². The lowest BCUT2D eigenvalue weighted by atomic mass is 9.75. The Bertz CT molecular complexity index is 986. The minimum Gasteiger partial charge on any atom is -0.334 e. The fourth-order valence-electron chi connectivity index (χ4n) is 5.89. The first-order valence-electron chi connectivity index (χ1n) is 12.0. The van der Waals surface area contributed by atoms with Gasteiger partial charge in [-0.2, -0.15) is 5.10 Å². The maximum absolute atomic E-state index is 13.4. The van der Waals surface area contributed by atoms with Gasteiger partial charge in [-0.3, -0.25) is 9.59 Å². The van der Waals surface area contributed by atoms with Crippen LogP contribution in [0, 0.1) is 11.3 Å². The Morgan fingerprint density at radius 2 is 1.74 bits per heavy atom. The molecule has 1 amide bonds. The van der Waals surface area contributed by atoms with E-state index in [0.717, 1.165) is 74.1 Å². The third kappa shape index (κ3) is 3.72. The van der Waals surface area contributed by atoms with Gasteiger partial charge in [0.1, 0.15) is 0 Å². The van der Waals surface area contributed by atoms with Gasteiger partial charge in [0.25, 0.3) is 0 Å². The van der Waals surface area contributed by atoms with E-state index in [2.05, 4.69) is 18.7 Å². The lowest BCUT2D eigenvalue weighted by molar-refractivity contribution is -0.137. The molecule has 5 rings (SSSR count). The van der Waals surface area contributed by atoms with E-state index in [0.29, 0.717) is 6.42 Å². The Balaban J connectivity index is 1.57. The number of hydrogen-bond donors (Lipinski definition) is 0. The van der Waals surface area contributed by atoms with Gasteiger partial charge >= 0.3 is 0 Å². The second kappa shape index (κ2) is 7.92. The van der Waals surface area contributed by atoms with E-state index in [1.807, 2.05) is 35.0 Å². The zero-order chi connectivity index (χ0) is 21.6. The van der Waals surface area contributed by atoms with E-state index in [9.17, 15) is 9.59 Å².